The van der Waals surface area contributed by atoms with Crippen molar-refractivity contribution in [2.75, 3.05) is 18.5 Å². The Bertz CT molecular complexity index is 293. The van der Waals surface area contributed by atoms with Crippen molar-refractivity contribution < 1.29 is 10.2 Å². The van der Waals surface area contributed by atoms with Gasteiger partial charge in [0.25, 0.3) is 0 Å². The zero-order valence-corrected chi connectivity index (χ0v) is 9.33. The van der Waals surface area contributed by atoms with Crippen LogP contribution in [0.2, 0.25) is 0 Å². The second-order valence-corrected chi connectivity index (χ2v) is 4.53. The van der Waals surface area contributed by atoms with Gasteiger partial charge < -0.3 is 15.5 Å². The predicted octanol–water partition coefficient (Wildman–Crippen LogP) is 1.61. The number of hydrogen-bond donors (Lipinski definition) is 3. The molecule has 0 radical (unpaired) electrons. The maximum Gasteiger partial charge on any atom is 0.0681 e. The molecule has 3 heteroatoms. The molecular weight excluding hydrogens is 190 g/mol. The first-order valence-electron chi connectivity index (χ1n) is 5.12. The maximum atomic E-state index is 9.08. The molecule has 1 aromatic rings. The first kappa shape index (κ1) is 12.0. The van der Waals surface area contributed by atoms with Crippen LogP contribution >= 0.6 is 0 Å². The Morgan fingerprint density at radius 3 is 2.20 bits per heavy atom. The molecule has 0 spiro atoms. The van der Waals surface area contributed by atoms with E-state index in [9.17, 15) is 0 Å². The second-order valence-electron chi connectivity index (χ2n) is 4.53. The molecule has 1 aromatic carbocycles. The summed E-state index contributed by atoms with van der Waals surface area (Å²) in [7, 11) is 0. The molecule has 3 N–H and O–H groups in total. The van der Waals surface area contributed by atoms with Gasteiger partial charge in [-0.3, -0.25) is 0 Å². The molecule has 0 bridgehead atoms. The minimum atomic E-state index is -0.115. The molecule has 3 nitrogen and oxygen atoms in total. The number of nitrogens with one attached hydrogen (secondary N) is 1. The van der Waals surface area contributed by atoms with Gasteiger partial charge in [-0.2, -0.15) is 0 Å². The fraction of sp³-hybridized carbons (Fsp3) is 0.500. The number of aliphatic hydroxyl groups is 2. The lowest BCUT2D eigenvalue weighted by molar-refractivity contribution is 0.171. The highest BCUT2D eigenvalue weighted by Crippen LogP contribution is 2.16. The van der Waals surface area contributed by atoms with E-state index in [1.807, 2.05) is 38.1 Å². The van der Waals surface area contributed by atoms with Gasteiger partial charge in [-0.1, -0.05) is 26.0 Å². The number of hydrogen-bond acceptors (Lipinski definition) is 3. The Morgan fingerprint density at radius 2 is 1.73 bits per heavy atom. The summed E-state index contributed by atoms with van der Waals surface area (Å²) in [5, 5.41) is 21.2. The number of rotatable bonds is 5. The minimum absolute atomic E-state index is 0.0718. The van der Waals surface area contributed by atoms with E-state index in [0.717, 1.165) is 17.8 Å². The molecule has 0 unspecified atom stereocenters. The topological polar surface area (TPSA) is 52.5 Å². The van der Waals surface area contributed by atoms with Crippen molar-refractivity contribution >= 4 is 5.69 Å². The van der Waals surface area contributed by atoms with Gasteiger partial charge >= 0.3 is 0 Å². The lowest BCUT2D eigenvalue weighted by Crippen LogP contribution is -2.26. The van der Waals surface area contributed by atoms with E-state index >= 15 is 0 Å². The average molecular weight is 209 g/mol. The SMILES string of the molecule is CC(C)(CO)CNc1ccc(CO)cc1. The Kier molecular flexibility index (Phi) is 4.12. The summed E-state index contributed by atoms with van der Waals surface area (Å²) in [6.45, 7) is 4.96. The van der Waals surface area contributed by atoms with Crippen LogP contribution in [-0.4, -0.2) is 23.4 Å². The molecule has 0 aliphatic heterocycles. The van der Waals surface area contributed by atoms with Crippen molar-refractivity contribution in [3.05, 3.63) is 29.8 Å². The molecule has 0 fully saturated rings. The first-order chi connectivity index (χ1) is 7.07. The van der Waals surface area contributed by atoms with Gasteiger partial charge in [0.1, 0.15) is 0 Å². The van der Waals surface area contributed by atoms with Gasteiger partial charge in [-0.05, 0) is 17.7 Å². The normalized spacial score (nSPS) is 11.5. The van der Waals surface area contributed by atoms with Crippen molar-refractivity contribution in [2.45, 2.75) is 20.5 Å². The molecule has 84 valence electrons. The van der Waals surface area contributed by atoms with Gasteiger partial charge in [-0.15, -0.1) is 0 Å². The summed E-state index contributed by atoms with van der Waals surface area (Å²) in [5.41, 5.74) is 1.80. The summed E-state index contributed by atoms with van der Waals surface area (Å²) in [6, 6.07) is 7.63. The summed E-state index contributed by atoms with van der Waals surface area (Å²) in [6.07, 6.45) is 0. The van der Waals surface area contributed by atoms with Crippen LogP contribution in [0.25, 0.3) is 0 Å². The van der Waals surface area contributed by atoms with Crippen molar-refractivity contribution in [1.82, 2.24) is 0 Å². The number of anilines is 1. The van der Waals surface area contributed by atoms with Gasteiger partial charge in [0.05, 0.1) is 6.61 Å². The summed E-state index contributed by atoms with van der Waals surface area (Å²) in [4.78, 5) is 0. The monoisotopic (exact) mass is 209 g/mol. The molecule has 0 aromatic heterocycles. The van der Waals surface area contributed by atoms with Crippen LogP contribution in [-0.2, 0) is 6.61 Å². The Labute approximate surface area is 90.8 Å². The van der Waals surface area contributed by atoms with Crippen LogP contribution < -0.4 is 5.32 Å². The van der Waals surface area contributed by atoms with Crippen molar-refractivity contribution in [1.29, 1.82) is 0 Å². The zero-order valence-electron chi connectivity index (χ0n) is 9.33. The second kappa shape index (κ2) is 5.14. The average Bonchev–Trinajstić information content (AvgIpc) is 2.27. The highest BCUT2D eigenvalue weighted by atomic mass is 16.3. The van der Waals surface area contributed by atoms with Crippen LogP contribution in [0.1, 0.15) is 19.4 Å². The molecule has 0 amide bonds. The number of benzene rings is 1. The van der Waals surface area contributed by atoms with Crippen LogP contribution in [0, 0.1) is 5.41 Å². The van der Waals surface area contributed by atoms with Crippen molar-refractivity contribution in [3.63, 3.8) is 0 Å². The van der Waals surface area contributed by atoms with E-state index in [0.29, 0.717) is 0 Å². The van der Waals surface area contributed by atoms with E-state index < -0.39 is 0 Å². The summed E-state index contributed by atoms with van der Waals surface area (Å²) < 4.78 is 0. The predicted molar refractivity (Wildman–Crippen MR) is 61.7 cm³/mol. The van der Waals surface area contributed by atoms with E-state index in [2.05, 4.69) is 5.32 Å². The zero-order chi connectivity index (χ0) is 11.3. The molecule has 0 atom stereocenters. The fourth-order valence-corrected chi connectivity index (χ4v) is 1.13. The lowest BCUT2D eigenvalue weighted by atomic mass is 9.95. The molecule has 0 saturated carbocycles. The first-order valence-corrected chi connectivity index (χ1v) is 5.12. The molecule has 1 rings (SSSR count). The lowest BCUT2D eigenvalue weighted by Gasteiger charge is -2.22. The third-order valence-corrected chi connectivity index (χ3v) is 2.34. The van der Waals surface area contributed by atoms with Gasteiger partial charge in [0.15, 0.2) is 0 Å². The minimum Gasteiger partial charge on any atom is -0.396 e. The largest absolute Gasteiger partial charge is 0.396 e. The smallest absolute Gasteiger partial charge is 0.0681 e. The van der Waals surface area contributed by atoms with Crippen LogP contribution in [0.15, 0.2) is 24.3 Å². The highest BCUT2D eigenvalue weighted by molar-refractivity contribution is 5.44. The molecule has 15 heavy (non-hydrogen) atoms. The molecule has 0 aliphatic carbocycles. The molecule has 0 saturated heterocycles. The maximum absolute atomic E-state index is 9.08. The third kappa shape index (κ3) is 3.90. The van der Waals surface area contributed by atoms with E-state index in [-0.39, 0.29) is 18.6 Å². The Morgan fingerprint density at radius 1 is 1.13 bits per heavy atom. The summed E-state index contributed by atoms with van der Waals surface area (Å²) >= 11 is 0. The van der Waals surface area contributed by atoms with E-state index in [1.54, 1.807) is 0 Å². The molecule has 0 aliphatic rings. The van der Waals surface area contributed by atoms with Gasteiger partial charge in [0.2, 0.25) is 0 Å². The van der Waals surface area contributed by atoms with Crippen LogP contribution in [0.5, 0.6) is 0 Å². The highest BCUT2D eigenvalue weighted by Gasteiger charge is 2.15. The van der Waals surface area contributed by atoms with E-state index in [1.165, 1.54) is 0 Å². The van der Waals surface area contributed by atoms with Crippen LogP contribution in [0.4, 0.5) is 5.69 Å². The summed E-state index contributed by atoms with van der Waals surface area (Å²) in [5.74, 6) is 0. The van der Waals surface area contributed by atoms with Gasteiger partial charge in [-0.25, -0.2) is 0 Å². The van der Waals surface area contributed by atoms with Crippen molar-refractivity contribution in [3.8, 4) is 0 Å². The Hall–Kier alpha value is -1.06. The molecule has 0 heterocycles. The number of aliphatic hydroxyl groups excluding tert-OH is 2. The Balaban J connectivity index is 2.51. The van der Waals surface area contributed by atoms with Crippen molar-refractivity contribution in [2.24, 2.45) is 5.41 Å². The van der Waals surface area contributed by atoms with Crippen LogP contribution in [0.3, 0.4) is 0 Å². The van der Waals surface area contributed by atoms with Gasteiger partial charge in [0, 0.05) is 24.3 Å². The van der Waals surface area contributed by atoms with E-state index in [4.69, 9.17) is 10.2 Å². The standard InChI is InChI=1S/C12H19NO2/c1-12(2,9-15)8-13-11-5-3-10(7-14)4-6-11/h3-6,13-15H,7-9H2,1-2H3. The molecular formula is C12H19NO2. The third-order valence-electron chi connectivity index (χ3n) is 2.34. The quantitative estimate of drug-likeness (QED) is 0.690. The fourth-order valence-electron chi connectivity index (χ4n) is 1.13.